The number of hydrogen-bond donors (Lipinski definition) is 1. The van der Waals surface area contributed by atoms with Crippen molar-refractivity contribution in [2.75, 3.05) is 0 Å². The van der Waals surface area contributed by atoms with Crippen molar-refractivity contribution >= 4 is 33.4 Å². The minimum absolute atomic E-state index is 0.0562. The van der Waals surface area contributed by atoms with Gasteiger partial charge in [-0.05, 0) is 43.9 Å². The molecule has 1 aliphatic carbocycles. The first kappa shape index (κ1) is 16.6. The number of halogens is 5. The second kappa shape index (κ2) is 6.57. The average molecular weight is 385 g/mol. The van der Waals surface area contributed by atoms with Crippen LogP contribution in [0.15, 0.2) is 22.7 Å². The van der Waals surface area contributed by atoms with Gasteiger partial charge < -0.3 is 5.32 Å². The van der Waals surface area contributed by atoms with Crippen LogP contribution in [-0.4, -0.2) is 18.1 Å². The normalized spacial score (nSPS) is 22.9. The molecular weight excluding hydrogens is 371 g/mol. The Bertz CT molecular complexity index is 527. The highest BCUT2D eigenvalue weighted by atomic mass is 79.9. The maximum Gasteiger partial charge on any atom is 0.391 e. The number of benzene rings is 1. The Morgan fingerprint density at radius 2 is 1.86 bits per heavy atom. The second-order valence-corrected chi connectivity index (χ2v) is 6.51. The molecule has 1 amide bonds. The lowest BCUT2D eigenvalue weighted by Crippen LogP contribution is -2.40. The molecule has 0 heterocycles. The van der Waals surface area contributed by atoms with Crippen molar-refractivity contribution < 1.29 is 18.0 Å². The zero-order valence-corrected chi connectivity index (χ0v) is 13.4. The van der Waals surface area contributed by atoms with Gasteiger partial charge in [0.1, 0.15) is 0 Å². The van der Waals surface area contributed by atoms with E-state index in [1.54, 1.807) is 18.2 Å². The van der Waals surface area contributed by atoms with Gasteiger partial charge in [0.05, 0.1) is 16.5 Å². The van der Waals surface area contributed by atoms with Gasteiger partial charge >= 0.3 is 6.18 Å². The Kier molecular flexibility index (Phi) is 5.20. The molecule has 1 saturated carbocycles. The van der Waals surface area contributed by atoms with E-state index in [1.807, 2.05) is 0 Å². The van der Waals surface area contributed by atoms with Gasteiger partial charge in [-0.25, -0.2) is 0 Å². The highest BCUT2D eigenvalue weighted by molar-refractivity contribution is 9.10. The molecule has 0 saturated heterocycles. The average Bonchev–Trinajstić information content (AvgIpc) is 2.41. The van der Waals surface area contributed by atoms with Crippen molar-refractivity contribution in [2.24, 2.45) is 5.92 Å². The third kappa shape index (κ3) is 4.36. The summed E-state index contributed by atoms with van der Waals surface area (Å²) in [6.45, 7) is 0. The summed E-state index contributed by atoms with van der Waals surface area (Å²) in [5.74, 6) is -1.60. The first-order valence-corrected chi connectivity index (χ1v) is 7.77. The van der Waals surface area contributed by atoms with E-state index in [1.165, 1.54) is 0 Å². The molecular formula is C14H14BrClF3NO. The van der Waals surface area contributed by atoms with E-state index < -0.39 is 12.1 Å². The molecule has 1 aromatic rings. The van der Waals surface area contributed by atoms with Crippen LogP contribution in [0.1, 0.15) is 36.0 Å². The lowest BCUT2D eigenvalue weighted by Gasteiger charge is -2.30. The van der Waals surface area contributed by atoms with Gasteiger partial charge in [-0.15, -0.1) is 0 Å². The van der Waals surface area contributed by atoms with Gasteiger partial charge in [0.2, 0.25) is 0 Å². The maximum absolute atomic E-state index is 12.6. The molecule has 0 bridgehead atoms. The summed E-state index contributed by atoms with van der Waals surface area (Å²) in [7, 11) is 0. The molecule has 7 heteroatoms. The Labute approximate surface area is 134 Å². The third-order valence-electron chi connectivity index (χ3n) is 3.70. The van der Waals surface area contributed by atoms with Crippen molar-refractivity contribution in [2.45, 2.75) is 37.9 Å². The summed E-state index contributed by atoms with van der Waals surface area (Å²) in [6, 6.07) is 4.68. The van der Waals surface area contributed by atoms with Crippen molar-refractivity contribution in [3.05, 3.63) is 33.3 Å². The number of alkyl halides is 3. The van der Waals surface area contributed by atoms with Crippen LogP contribution in [0.3, 0.4) is 0 Å². The maximum atomic E-state index is 12.6. The number of hydrogen-bond acceptors (Lipinski definition) is 1. The lowest BCUT2D eigenvalue weighted by atomic mass is 9.85. The number of rotatable bonds is 2. The Balaban J connectivity index is 1.94. The van der Waals surface area contributed by atoms with Crippen LogP contribution in [0.4, 0.5) is 13.2 Å². The fourth-order valence-corrected chi connectivity index (χ4v) is 3.06. The SMILES string of the molecule is O=C(NC1CCC(C(F)(F)F)CC1)c1cc(Br)ccc1Cl. The molecule has 116 valence electrons. The molecule has 2 rings (SSSR count). The highest BCUT2D eigenvalue weighted by Gasteiger charge is 2.41. The van der Waals surface area contributed by atoms with Crippen LogP contribution in [0.2, 0.25) is 5.02 Å². The van der Waals surface area contributed by atoms with Crippen molar-refractivity contribution in [1.82, 2.24) is 5.32 Å². The molecule has 0 unspecified atom stereocenters. The first-order chi connectivity index (χ1) is 9.77. The molecule has 1 N–H and O–H groups in total. The fourth-order valence-electron chi connectivity index (χ4n) is 2.50. The number of carbonyl (C=O) groups is 1. The van der Waals surface area contributed by atoms with Crippen molar-refractivity contribution in [3.8, 4) is 0 Å². The van der Waals surface area contributed by atoms with Crippen LogP contribution in [0.25, 0.3) is 0 Å². The predicted molar refractivity (Wildman–Crippen MR) is 78.4 cm³/mol. The van der Waals surface area contributed by atoms with Gasteiger partial charge in [0, 0.05) is 10.5 Å². The topological polar surface area (TPSA) is 29.1 Å². The van der Waals surface area contributed by atoms with Crippen LogP contribution < -0.4 is 5.32 Å². The van der Waals surface area contributed by atoms with Crippen molar-refractivity contribution in [1.29, 1.82) is 0 Å². The summed E-state index contributed by atoms with van der Waals surface area (Å²) in [6.07, 6.45) is -3.35. The van der Waals surface area contributed by atoms with Gasteiger partial charge in [0.25, 0.3) is 5.91 Å². The number of carbonyl (C=O) groups excluding carboxylic acids is 1. The van der Waals surface area contributed by atoms with Gasteiger partial charge in [-0.3, -0.25) is 4.79 Å². The first-order valence-electron chi connectivity index (χ1n) is 6.60. The third-order valence-corrected chi connectivity index (χ3v) is 4.52. The van der Waals surface area contributed by atoms with Crippen LogP contribution in [-0.2, 0) is 0 Å². The van der Waals surface area contributed by atoms with Crippen molar-refractivity contribution in [3.63, 3.8) is 0 Å². The fraction of sp³-hybridized carbons (Fsp3) is 0.500. The smallest absolute Gasteiger partial charge is 0.349 e. The quantitative estimate of drug-likeness (QED) is 0.768. The van der Waals surface area contributed by atoms with E-state index >= 15 is 0 Å². The van der Waals surface area contributed by atoms with E-state index in [9.17, 15) is 18.0 Å². The second-order valence-electron chi connectivity index (χ2n) is 5.19. The standard InChI is InChI=1S/C14H14BrClF3NO/c15-9-3-6-12(16)11(7-9)13(21)20-10-4-1-8(2-5-10)14(17,18)19/h3,6-8,10H,1-2,4-5H2,(H,20,21). The molecule has 2 nitrogen and oxygen atoms in total. The summed E-state index contributed by atoms with van der Waals surface area (Å²) >= 11 is 9.22. The largest absolute Gasteiger partial charge is 0.391 e. The molecule has 1 aliphatic rings. The van der Waals surface area contributed by atoms with Crippen LogP contribution in [0.5, 0.6) is 0 Å². The molecule has 1 fully saturated rings. The number of nitrogens with one attached hydrogen (secondary N) is 1. The zero-order valence-electron chi connectivity index (χ0n) is 11.0. The highest BCUT2D eigenvalue weighted by Crippen LogP contribution is 2.37. The summed E-state index contributed by atoms with van der Waals surface area (Å²) in [5.41, 5.74) is 0.323. The molecule has 1 aromatic carbocycles. The Morgan fingerprint density at radius 3 is 2.43 bits per heavy atom. The van der Waals surface area contributed by atoms with E-state index in [2.05, 4.69) is 21.2 Å². The van der Waals surface area contributed by atoms with E-state index in [-0.39, 0.29) is 24.8 Å². The summed E-state index contributed by atoms with van der Waals surface area (Å²) in [4.78, 5) is 12.1. The molecule has 21 heavy (non-hydrogen) atoms. The summed E-state index contributed by atoms with van der Waals surface area (Å²) < 4.78 is 38.5. The molecule has 0 radical (unpaired) electrons. The van der Waals surface area contributed by atoms with E-state index in [0.717, 1.165) is 4.47 Å². The molecule has 0 aliphatic heterocycles. The molecule has 0 spiro atoms. The lowest BCUT2D eigenvalue weighted by molar-refractivity contribution is -0.182. The van der Waals surface area contributed by atoms with Gasteiger partial charge in [0.15, 0.2) is 0 Å². The van der Waals surface area contributed by atoms with E-state index in [4.69, 9.17) is 11.6 Å². The van der Waals surface area contributed by atoms with Crippen LogP contribution in [0, 0.1) is 5.92 Å². The molecule has 0 aromatic heterocycles. The van der Waals surface area contributed by atoms with Gasteiger partial charge in [-0.1, -0.05) is 27.5 Å². The van der Waals surface area contributed by atoms with Crippen LogP contribution >= 0.6 is 27.5 Å². The zero-order chi connectivity index (χ0) is 15.6. The monoisotopic (exact) mass is 383 g/mol. The Hall–Kier alpha value is -0.750. The van der Waals surface area contributed by atoms with Gasteiger partial charge in [-0.2, -0.15) is 13.2 Å². The van der Waals surface area contributed by atoms with E-state index in [0.29, 0.717) is 23.4 Å². The molecule has 0 atom stereocenters. The minimum Gasteiger partial charge on any atom is -0.349 e. The Morgan fingerprint density at radius 1 is 1.24 bits per heavy atom. The number of amides is 1. The minimum atomic E-state index is -4.14. The summed E-state index contributed by atoms with van der Waals surface area (Å²) in [5, 5.41) is 3.08. The predicted octanol–water partition coefficient (Wildman–Crippen LogP) is 4.95.